The number of anilines is 1. The molecule has 1 fully saturated rings. The van der Waals surface area contributed by atoms with Crippen molar-refractivity contribution in [1.29, 1.82) is 0 Å². The number of hydrogen-bond donors (Lipinski definition) is 0. The van der Waals surface area contributed by atoms with E-state index < -0.39 is 0 Å². The molecule has 3 aromatic carbocycles. The molecule has 0 atom stereocenters. The highest BCUT2D eigenvalue weighted by molar-refractivity contribution is 9.10. The van der Waals surface area contributed by atoms with E-state index in [1.807, 2.05) is 72.9 Å². The number of ether oxygens (including phenoxy) is 1. The van der Waals surface area contributed by atoms with Gasteiger partial charge in [0.1, 0.15) is 11.4 Å². The Labute approximate surface area is 228 Å². The van der Waals surface area contributed by atoms with Gasteiger partial charge in [-0.1, -0.05) is 52.3 Å². The van der Waals surface area contributed by atoms with Crippen molar-refractivity contribution >= 4 is 43.8 Å². The summed E-state index contributed by atoms with van der Waals surface area (Å²) in [5.74, 6) is 1.65. The van der Waals surface area contributed by atoms with Crippen LogP contribution in [0.4, 0.5) is 5.82 Å². The maximum absolute atomic E-state index is 13.3. The fraction of sp³-hybridized carbons (Fsp3) is 0.233. The smallest absolute Gasteiger partial charge is 0.235 e. The van der Waals surface area contributed by atoms with Crippen molar-refractivity contribution in [3.8, 4) is 17.1 Å². The number of para-hydroxylation sites is 3. The van der Waals surface area contributed by atoms with Crippen molar-refractivity contribution in [2.45, 2.75) is 6.42 Å². The van der Waals surface area contributed by atoms with Gasteiger partial charge in [0, 0.05) is 42.8 Å². The van der Waals surface area contributed by atoms with Crippen LogP contribution < -0.4 is 15.1 Å². The Bertz CT molecular complexity index is 1650. The minimum absolute atomic E-state index is 0.146. The maximum Gasteiger partial charge on any atom is 0.235 e. The summed E-state index contributed by atoms with van der Waals surface area (Å²) in [6, 6.07) is 22.9. The molecule has 0 N–H and O–H groups in total. The molecule has 0 amide bonds. The topological polar surface area (TPSA) is 71.7 Å². The zero-order chi connectivity index (χ0) is 25.9. The number of nitrogens with zero attached hydrogens (tertiary/aromatic N) is 4. The Morgan fingerprint density at radius 1 is 0.921 bits per heavy atom. The molecule has 7 nitrogen and oxygen atoms in total. The zero-order valence-corrected chi connectivity index (χ0v) is 22.4. The molecular formula is C30H27BrN4O3. The van der Waals surface area contributed by atoms with Crippen molar-refractivity contribution in [2.75, 3.05) is 44.2 Å². The summed E-state index contributed by atoms with van der Waals surface area (Å²) in [5, 5.41) is 0.522. The molecule has 0 radical (unpaired) electrons. The summed E-state index contributed by atoms with van der Waals surface area (Å²) in [7, 11) is 0. The molecule has 192 valence electrons. The van der Waals surface area contributed by atoms with Gasteiger partial charge < -0.3 is 14.1 Å². The highest BCUT2D eigenvalue weighted by atomic mass is 79.9. The molecule has 0 aliphatic carbocycles. The second-order valence-corrected chi connectivity index (χ2v) is 10.3. The van der Waals surface area contributed by atoms with Crippen molar-refractivity contribution < 1.29 is 9.15 Å². The lowest BCUT2D eigenvalue weighted by Crippen LogP contribution is -2.47. The predicted molar refractivity (Wildman–Crippen MR) is 154 cm³/mol. The Kier molecular flexibility index (Phi) is 7.07. The molecule has 3 heterocycles. The number of benzene rings is 3. The first-order valence-electron chi connectivity index (χ1n) is 12.8. The lowest BCUT2D eigenvalue weighted by molar-refractivity contribution is 0.223. The fourth-order valence-corrected chi connectivity index (χ4v) is 5.24. The zero-order valence-electron chi connectivity index (χ0n) is 20.8. The molecule has 8 heteroatoms. The second-order valence-electron chi connectivity index (χ2n) is 9.34. The van der Waals surface area contributed by atoms with Crippen LogP contribution in [0.3, 0.4) is 0 Å². The molecule has 1 aliphatic rings. The number of rotatable bonds is 7. The Morgan fingerprint density at radius 3 is 2.55 bits per heavy atom. The van der Waals surface area contributed by atoms with E-state index in [1.54, 1.807) is 6.07 Å². The van der Waals surface area contributed by atoms with E-state index in [1.165, 1.54) is 0 Å². The van der Waals surface area contributed by atoms with Gasteiger partial charge in [-0.05, 0) is 42.8 Å². The third kappa shape index (κ3) is 5.14. The fourth-order valence-electron chi connectivity index (χ4n) is 4.84. The van der Waals surface area contributed by atoms with Crippen LogP contribution in [0.15, 0.2) is 92.7 Å². The minimum Gasteiger partial charge on any atom is -0.486 e. The van der Waals surface area contributed by atoms with Crippen molar-refractivity contribution in [3.05, 3.63) is 93.7 Å². The van der Waals surface area contributed by atoms with Gasteiger partial charge in [-0.3, -0.25) is 14.7 Å². The number of fused-ring (bicyclic) bond motifs is 2. The lowest BCUT2D eigenvalue weighted by atomic mass is 10.1. The predicted octanol–water partition coefficient (Wildman–Crippen LogP) is 5.76. The number of aromatic nitrogens is 2. The van der Waals surface area contributed by atoms with Crippen molar-refractivity contribution in [2.24, 2.45) is 0 Å². The maximum atomic E-state index is 13.3. The van der Waals surface area contributed by atoms with Crippen molar-refractivity contribution in [1.82, 2.24) is 14.9 Å². The van der Waals surface area contributed by atoms with E-state index in [-0.39, 0.29) is 11.2 Å². The Morgan fingerprint density at radius 2 is 1.71 bits per heavy atom. The summed E-state index contributed by atoms with van der Waals surface area (Å²) < 4.78 is 13.2. The molecular weight excluding hydrogens is 544 g/mol. The summed E-state index contributed by atoms with van der Waals surface area (Å²) in [5.41, 5.74) is 3.04. The average molecular weight is 571 g/mol. The molecule has 5 aromatic rings. The second kappa shape index (κ2) is 10.9. The molecule has 38 heavy (non-hydrogen) atoms. The van der Waals surface area contributed by atoms with E-state index in [0.29, 0.717) is 23.3 Å². The largest absolute Gasteiger partial charge is 0.486 e. The molecule has 6 rings (SSSR count). The highest BCUT2D eigenvalue weighted by Crippen LogP contribution is 2.32. The first-order valence-corrected chi connectivity index (χ1v) is 13.6. The summed E-state index contributed by atoms with van der Waals surface area (Å²) in [6.07, 6.45) is 2.67. The third-order valence-electron chi connectivity index (χ3n) is 6.84. The first kappa shape index (κ1) is 24.6. The van der Waals surface area contributed by atoms with Crippen LogP contribution in [0, 0.1) is 0 Å². The van der Waals surface area contributed by atoms with Crippen molar-refractivity contribution in [3.63, 3.8) is 0 Å². The van der Waals surface area contributed by atoms with Gasteiger partial charge in [0.2, 0.25) is 11.2 Å². The van der Waals surface area contributed by atoms with Crippen LogP contribution in [-0.2, 0) is 0 Å². The third-order valence-corrected chi connectivity index (χ3v) is 7.33. The molecule has 2 aromatic heterocycles. The minimum atomic E-state index is -0.146. The summed E-state index contributed by atoms with van der Waals surface area (Å²) >= 11 is 3.51. The van der Waals surface area contributed by atoms with Gasteiger partial charge in [-0.25, -0.2) is 4.98 Å². The summed E-state index contributed by atoms with van der Waals surface area (Å²) in [6.45, 7) is 5.00. The van der Waals surface area contributed by atoms with E-state index >= 15 is 0 Å². The van der Waals surface area contributed by atoms with E-state index in [4.69, 9.17) is 14.1 Å². The standard InChI is InChI=1S/C30H27BrN4O3/c31-22-8-5-7-21(19-22)29-30(28(36)23-9-1-4-12-26(23)38-29)37-18-6-13-34-14-16-35(17-15-34)27-20-32-24-10-2-3-11-25(24)33-27/h1-5,7-12,19-20H,6,13-18H2. The van der Waals surface area contributed by atoms with Crippen LogP contribution in [-0.4, -0.2) is 54.2 Å². The quantitative estimate of drug-likeness (QED) is 0.230. The number of halogens is 1. The van der Waals surface area contributed by atoms with Gasteiger partial charge >= 0.3 is 0 Å². The molecule has 0 spiro atoms. The number of hydrogen-bond acceptors (Lipinski definition) is 7. The van der Waals surface area contributed by atoms with Crippen LogP contribution in [0.1, 0.15) is 6.42 Å². The normalized spacial score (nSPS) is 14.3. The highest BCUT2D eigenvalue weighted by Gasteiger charge is 2.20. The van der Waals surface area contributed by atoms with Crippen LogP contribution in [0.5, 0.6) is 5.75 Å². The first-order chi connectivity index (χ1) is 18.7. The lowest BCUT2D eigenvalue weighted by Gasteiger charge is -2.35. The van der Waals surface area contributed by atoms with E-state index in [0.717, 1.165) is 66.0 Å². The number of piperazine rings is 1. The van der Waals surface area contributed by atoms with Crippen LogP contribution in [0.2, 0.25) is 0 Å². The van der Waals surface area contributed by atoms with Gasteiger partial charge in [-0.2, -0.15) is 0 Å². The van der Waals surface area contributed by atoms with Crippen LogP contribution >= 0.6 is 15.9 Å². The monoisotopic (exact) mass is 570 g/mol. The SMILES string of the molecule is O=c1c(OCCCN2CCN(c3cnc4ccccc4n3)CC2)c(-c2cccc(Br)c2)oc2ccccc12. The molecule has 0 unspecified atom stereocenters. The van der Waals surface area contributed by atoms with Gasteiger partial charge in [0.15, 0.2) is 5.76 Å². The van der Waals surface area contributed by atoms with Crippen LogP contribution in [0.25, 0.3) is 33.3 Å². The van der Waals surface area contributed by atoms with Gasteiger partial charge in [0.05, 0.1) is 29.2 Å². The van der Waals surface area contributed by atoms with E-state index in [9.17, 15) is 4.79 Å². The summed E-state index contributed by atoms with van der Waals surface area (Å²) in [4.78, 5) is 27.4. The Hall–Kier alpha value is -3.75. The molecule has 0 saturated carbocycles. The Balaban J connectivity index is 1.09. The van der Waals surface area contributed by atoms with E-state index in [2.05, 4.69) is 30.7 Å². The van der Waals surface area contributed by atoms with Gasteiger partial charge in [0.25, 0.3) is 0 Å². The molecule has 1 aliphatic heterocycles. The average Bonchev–Trinajstić information content (AvgIpc) is 2.96. The molecule has 0 bridgehead atoms. The molecule has 1 saturated heterocycles. The van der Waals surface area contributed by atoms with Gasteiger partial charge in [-0.15, -0.1) is 0 Å².